The maximum atomic E-state index is 10.9. The maximum absolute atomic E-state index is 10.9. The average molecular weight is 307 g/mol. The van der Waals surface area contributed by atoms with Crippen LogP contribution in [-0.4, -0.2) is 18.0 Å². The van der Waals surface area contributed by atoms with Gasteiger partial charge < -0.3 is 0 Å². The number of aryl methyl sites for hydroxylation is 5. The number of rotatable bonds is 1. The van der Waals surface area contributed by atoms with Crippen LogP contribution in [-0.2, 0) is 10.1 Å². The molecule has 2 aromatic rings. The van der Waals surface area contributed by atoms with Crippen molar-refractivity contribution in [3.63, 3.8) is 0 Å². The van der Waals surface area contributed by atoms with Gasteiger partial charge in [0.25, 0.3) is 10.1 Å². The highest BCUT2D eigenvalue weighted by atomic mass is 32.2. The molecule has 0 aliphatic rings. The summed E-state index contributed by atoms with van der Waals surface area (Å²) in [5, 5.41) is 0. The summed E-state index contributed by atoms with van der Waals surface area (Å²) in [6.07, 6.45) is 0. The van der Waals surface area contributed by atoms with Crippen LogP contribution in [0.15, 0.2) is 35.2 Å². The fourth-order valence-electron chi connectivity index (χ4n) is 2.25. The zero-order valence-corrected chi connectivity index (χ0v) is 13.8. The third-order valence-electron chi connectivity index (χ3n) is 2.89. The molecule has 1 N–H and O–H groups in total. The molecule has 1 aromatic heterocycles. The molecule has 0 atom stereocenters. The Hall–Kier alpha value is -1.72. The predicted octanol–water partition coefficient (Wildman–Crippen LogP) is 3.56. The average Bonchev–Trinajstić information content (AvgIpc) is 2.25. The molecular weight excluding hydrogens is 286 g/mol. The minimum absolute atomic E-state index is 0.0260. The lowest BCUT2D eigenvalue weighted by atomic mass is 10.1. The van der Waals surface area contributed by atoms with Gasteiger partial charge in [-0.1, -0.05) is 23.8 Å². The monoisotopic (exact) mass is 307 g/mol. The lowest BCUT2D eigenvalue weighted by molar-refractivity contribution is 0.482. The van der Waals surface area contributed by atoms with Crippen LogP contribution >= 0.6 is 0 Å². The van der Waals surface area contributed by atoms with E-state index in [0.29, 0.717) is 11.1 Å². The molecule has 5 heteroatoms. The second-order valence-corrected chi connectivity index (χ2v) is 6.48. The second kappa shape index (κ2) is 6.83. The first kappa shape index (κ1) is 17.3. The van der Waals surface area contributed by atoms with E-state index < -0.39 is 10.1 Å². The lowest BCUT2D eigenvalue weighted by Gasteiger charge is -2.07. The van der Waals surface area contributed by atoms with Crippen molar-refractivity contribution in [2.24, 2.45) is 0 Å². The molecule has 0 spiro atoms. The molecule has 0 saturated heterocycles. The Labute approximate surface area is 126 Å². The summed E-state index contributed by atoms with van der Waals surface area (Å²) in [5.74, 6) is 0. The van der Waals surface area contributed by atoms with Crippen LogP contribution in [0.25, 0.3) is 0 Å². The lowest BCUT2D eigenvalue weighted by Crippen LogP contribution is -2.04. The Balaban J connectivity index is 0.000000235. The van der Waals surface area contributed by atoms with E-state index in [9.17, 15) is 8.42 Å². The molecule has 0 bridgehead atoms. The number of hydrogen-bond acceptors (Lipinski definition) is 3. The smallest absolute Gasteiger partial charge is 0.282 e. The minimum Gasteiger partial charge on any atom is -0.282 e. The minimum atomic E-state index is -4.08. The third kappa shape index (κ3) is 5.28. The van der Waals surface area contributed by atoms with E-state index in [2.05, 4.69) is 4.98 Å². The van der Waals surface area contributed by atoms with Gasteiger partial charge in [0, 0.05) is 11.4 Å². The zero-order chi connectivity index (χ0) is 16.2. The van der Waals surface area contributed by atoms with Crippen LogP contribution in [0.2, 0.25) is 0 Å². The van der Waals surface area contributed by atoms with E-state index in [1.165, 1.54) is 0 Å². The Morgan fingerprint density at radius 1 is 0.905 bits per heavy atom. The first-order valence-electron chi connectivity index (χ1n) is 6.57. The van der Waals surface area contributed by atoms with E-state index in [4.69, 9.17) is 4.55 Å². The summed E-state index contributed by atoms with van der Waals surface area (Å²) < 4.78 is 30.8. The summed E-state index contributed by atoms with van der Waals surface area (Å²) in [6.45, 7) is 9.21. The molecular formula is C16H21NO3S. The van der Waals surface area contributed by atoms with Crippen LogP contribution in [0.1, 0.15) is 28.1 Å². The van der Waals surface area contributed by atoms with E-state index >= 15 is 0 Å². The first-order valence-corrected chi connectivity index (χ1v) is 8.01. The highest BCUT2D eigenvalue weighted by molar-refractivity contribution is 7.86. The molecule has 0 amide bonds. The topological polar surface area (TPSA) is 67.3 Å². The van der Waals surface area contributed by atoms with Crippen LogP contribution in [0.3, 0.4) is 0 Å². The molecule has 0 fully saturated rings. The molecule has 0 aliphatic heterocycles. The van der Waals surface area contributed by atoms with Crippen LogP contribution < -0.4 is 0 Å². The molecule has 0 radical (unpaired) electrons. The standard InChI is InChI=1S/C9H12O3S.C7H9N/c1-6-4-7(2)9(8(3)5-6)13(10,11)12;1-6-4-3-5-7(2)8-6/h4-5H,1-3H3,(H,10,11,12);3-5H,1-2H3. The molecule has 0 aliphatic carbocycles. The van der Waals surface area contributed by atoms with Gasteiger partial charge in [-0.15, -0.1) is 0 Å². The van der Waals surface area contributed by atoms with Gasteiger partial charge >= 0.3 is 0 Å². The molecule has 1 aromatic carbocycles. The van der Waals surface area contributed by atoms with Gasteiger partial charge in [-0.05, 0) is 57.9 Å². The van der Waals surface area contributed by atoms with Crippen molar-refractivity contribution in [3.05, 3.63) is 58.4 Å². The molecule has 1 heterocycles. The largest absolute Gasteiger partial charge is 0.295 e. The number of pyridine rings is 1. The Morgan fingerprint density at radius 2 is 1.33 bits per heavy atom. The molecule has 114 valence electrons. The molecule has 2 rings (SSSR count). The maximum Gasteiger partial charge on any atom is 0.295 e. The van der Waals surface area contributed by atoms with Crippen LogP contribution in [0.4, 0.5) is 0 Å². The first-order chi connectivity index (χ1) is 9.61. The molecule has 21 heavy (non-hydrogen) atoms. The number of hydrogen-bond donors (Lipinski definition) is 1. The number of nitrogens with zero attached hydrogens (tertiary/aromatic N) is 1. The zero-order valence-electron chi connectivity index (χ0n) is 13.0. The SMILES string of the molecule is Cc1cc(C)c(S(=O)(=O)O)c(C)c1.Cc1cccc(C)n1. The molecule has 4 nitrogen and oxygen atoms in total. The summed E-state index contributed by atoms with van der Waals surface area (Å²) in [7, 11) is -4.08. The Morgan fingerprint density at radius 3 is 1.62 bits per heavy atom. The summed E-state index contributed by atoms with van der Waals surface area (Å²) in [4.78, 5) is 4.20. The van der Waals surface area contributed by atoms with E-state index in [1.807, 2.05) is 39.0 Å². The fourth-order valence-corrected chi connectivity index (χ4v) is 3.18. The van der Waals surface area contributed by atoms with Crippen molar-refractivity contribution in [1.82, 2.24) is 4.98 Å². The van der Waals surface area contributed by atoms with Gasteiger partial charge in [-0.25, -0.2) is 0 Å². The van der Waals surface area contributed by atoms with Crippen molar-refractivity contribution in [2.45, 2.75) is 39.5 Å². The van der Waals surface area contributed by atoms with Gasteiger partial charge in [0.15, 0.2) is 0 Å². The number of benzene rings is 1. The van der Waals surface area contributed by atoms with E-state index in [0.717, 1.165) is 17.0 Å². The van der Waals surface area contributed by atoms with Crippen LogP contribution in [0, 0.1) is 34.6 Å². The van der Waals surface area contributed by atoms with Gasteiger partial charge in [-0.2, -0.15) is 8.42 Å². The molecule has 0 saturated carbocycles. The van der Waals surface area contributed by atoms with E-state index in [1.54, 1.807) is 26.0 Å². The van der Waals surface area contributed by atoms with Crippen molar-refractivity contribution in [1.29, 1.82) is 0 Å². The second-order valence-electron chi connectivity index (χ2n) is 5.12. The highest BCUT2D eigenvalue weighted by Gasteiger charge is 2.15. The van der Waals surface area contributed by atoms with Gasteiger partial charge in [-0.3, -0.25) is 9.54 Å². The van der Waals surface area contributed by atoms with Crippen molar-refractivity contribution < 1.29 is 13.0 Å². The van der Waals surface area contributed by atoms with Crippen LogP contribution in [0.5, 0.6) is 0 Å². The molecule has 0 unspecified atom stereocenters. The normalized spacial score (nSPS) is 10.8. The highest BCUT2D eigenvalue weighted by Crippen LogP contribution is 2.20. The summed E-state index contributed by atoms with van der Waals surface area (Å²) >= 11 is 0. The summed E-state index contributed by atoms with van der Waals surface area (Å²) in [5.41, 5.74) is 4.33. The van der Waals surface area contributed by atoms with Gasteiger partial charge in [0.05, 0.1) is 4.90 Å². The van der Waals surface area contributed by atoms with Gasteiger partial charge in [0.1, 0.15) is 0 Å². The van der Waals surface area contributed by atoms with Crippen molar-refractivity contribution in [3.8, 4) is 0 Å². The predicted molar refractivity (Wildman–Crippen MR) is 84.2 cm³/mol. The van der Waals surface area contributed by atoms with Crippen molar-refractivity contribution in [2.75, 3.05) is 0 Å². The third-order valence-corrected chi connectivity index (χ3v) is 4.05. The van der Waals surface area contributed by atoms with Gasteiger partial charge in [0.2, 0.25) is 0 Å². The summed E-state index contributed by atoms with van der Waals surface area (Å²) in [6, 6.07) is 9.46. The Bertz CT molecular complexity index is 697. The fraction of sp³-hybridized carbons (Fsp3) is 0.312. The Kier molecular flexibility index (Phi) is 5.63. The number of aromatic nitrogens is 1. The quantitative estimate of drug-likeness (QED) is 0.818. The van der Waals surface area contributed by atoms with E-state index in [-0.39, 0.29) is 4.90 Å². The van der Waals surface area contributed by atoms with Crippen molar-refractivity contribution >= 4 is 10.1 Å².